The lowest BCUT2D eigenvalue weighted by atomic mass is 10.4. The van der Waals surface area contributed by atoms with Gasteiger partial charge in [-0.2, -0.15) is 0 Å². The summed E-state index contributed by atoms with van der Waals surface area (Å²) in [5.41, 5.74) is 0. The molecule has 0 radical (unpaired) electrons. The van der Waals surface area contributed by atoms with Crippen LogP contribution in [0.15, 0.2) is 12.7 Å². The zero-order valence-corrected chi connectivity index (χ0v) is 9.90. The SMILES string of the molecule is C=CCOC(=O)N(CCC)CC(=O)OCC. The van der Waals surface area contributed by atoms with Crippen molar-refractivity contribution in [3.63, 3.8) is 0 Å². The second kappa shape index (κ2) is 8.76. The Morgan fingerprint density at radius 1 is 1.31 bits per heavy atom. The van der Waals surface area contributed by atoms with Crippen molar-refractivity contribution >= 4 is 12.1 Å². The summed E-state index contributed by atoms with van der Waals surface area (Å²) >= 11 is 0. The van der Waals surface area contributed by atoms with Gasteiger partial charge in [0.1, 0.15) is 13.2 Å². The average Bonchev–Trinajstić information content (AvgIpc) is 2.25. The molecule has 0 aromatic rings. The fourth-order valence-corrected chi connectivity index (χ4v) is 1.09. The van der Waals surface area contributed by atoms with Crippen molar-refractivity contribution in [2.45, 2.75) is 20.3 Å². The summed E-state index contributed by atoms with van der Waals surface area (Å²) in [4.78, 5) is 24.0. The van der Waals surface area contributed by atoms with Crippen molar-refractivity contribution < 1.29 is 19.1 Å². The lowest BCUT2D eigenvalue weighted by molar-refractivity contribution is -0.144. The first-order valence-corrected chi connectivity index (χ1v) is 5.33. The third-order valence-corrected chi connectivity index (χ3v) is 1.70. The molecule has 0 aliphatic carbocycles. The van der Waals surface area contributed by atoms with Crippen LogP contribution in [0.25, 0.3) is 0 Å². The minimum absolute atomic E-state index is 0.0718. The molecule has 0 heterocycles. The van der Waals surface area contributed by atoms with E-state index in [1.54, 1.807) is 6.92 Å². The molecule has 0 aromatic heterocycles. The molecule has 0 fully saturated rings. The van der Waals surface area contributed by atoms with E-state index in [4.69, 9.17) is 9.47 Å². The average molecular weight is 229 g/mol. The van der Waals surface area contributed by atoms with E-state index in [9.17, 15) is 9.59 Å². The van der Waals surface area contributed by atoms with Gasteiger partial charge < -0.3 is 9.47 Å². The van der Waals surface area contributed by atoms with Crippen LogP contribution < -0.4 is 0 Å². The summed E-state index contributed by atoms with van der Waals surface area (Å²) < 4.78 is 9.61. The molecule has 0 rings (SSSR count). The molecule has 5 nitrogen and oxygen atoms in total. The Morgan fingerprint density at radius 2 is 2.00 bits per heavy atom. The number of carbonyl (C=O) groups is 2. The van der Waals surface area contributed by atoms with Gasteiger partial charge in [-0.05, 0) is 13.3 Å². The van der Waals surface area contributed by atoms with E-state index in [0.717, 1.165) is 6.42 Å². The smallest absolute Gasteiger partial charge is 0.410 e. The first-order chi connectivity index (χ1) is 7.65. The van der Waals surface area contributed by atoms with Crippen molar-refractivity contribution in [1.82, 2.24) is 4.90 Å². The fraction of sp³-hybridized carbons (Fsp3) is 0.636. The molecule has 0 unspecified atom stereocenters. The van der Waals surface area contributed by atoms with Gasteiger partial charge in [0.25, 0.3) is 0 Å². The van der Waals surface area contributed by atoms with E-state index < -0.39 is 12.1 Å². The third kappa shape index (κ3) is 6.06. The summed E-state index contributed by atoms with van der Waals surface area (Å²) in [6.45, 7) is 7.92. The lowest BCUT2D eigenvalue weighted by Gasteiger charge is -2.19. The van der Waals surface area contributed by atoms with Crippen molar-refractivity contribution in [3.05, 3.63) is 12.7 Å². The normalized spacial score (nSPS) is 9.38. The molecule has 5 heteroatoms. The van der Waals surface area contributed by atoms with Crippen molar-refractivity contribution in [2.75, 3.05) is 26.3 Å². The van der Waals surface area contributed by atoms with Crippen LogP contribution in [-0.2, 0) is 14.3 Å². The van der Waals surface area contributed by atoms with Crippen LogP contribution in [0.5, 0.6) is 0 Å². The Balaban J connectivity index is 4.18. The fourth-order valence-electron chi connectivity index (χ4n) is 1.09. The second-order valence-corrected chi connectivity index (χ2v) is 3.09. The van der Waals surface area contributed by atoms with Crippen molar-refractivity contribution in [3.8, 4) is 0 Å². The standard InChI is InChI=1S/C11H19NO4/c1-4-7-12(9-10(13)15-6-3)11(14)16-8-5-2/h5H,2,4,6-9H2,1,3H3. The maximum atomic E-state index is 11.5. The number of hydrogen-bond donors (Lipinski definition) is 0. The summed E-state index contributed by atoms with van der Waals surface area (Å²) in [6.07, 6.45) is 1.71. The Labute approximate surface area is 96.0 Å². The van der Waals surface area contributed by atoms with Gasteiger partial charge in [0.15, 0.2) is 0 Å². The van der Waals surface area contributed by atoms with Gasteiger partial charge in [-0.3, -0.25) is 9.69 Å². The minimum Gasteiger partial charge on any atom is -0.465 e. The van der Waals surface area contributed by atoms with Gasteiger partial charge in [-0.25, -0.2) is 4.79 Å². The zero-order valence-electron chi connectivity index (χ0n) is 9.90. The summed E-state index contributed by atoms with van der Waals surface area (Å²) in [6, 6.07) is 0. The molecule has 0 saturated heterocycles. The number of amides is 1. The molecule has 0 aliphatic rings. The van der Waals surface area contributed by atoms with E-state index in [0.29, 0.717) is 13.2 Å². The highest BCUT2D eigenvalue weighted by Gasteiger charge is 2.17. The highest BCUT2D eigenvalue weighted by molar-refractivity contribution is 5.78. The molecule has 0 saturated carbocycles. The monoisotopic (exact) mass is 229 g/mol. The van der Waals surface area contributed by atoms with Crippen LogP contribution in [0.1, 0.15) is 20.3 Å². The summed E-state index contributed by atoms with van der Waals surface area (Å²) in [5, 5.41) is 0. The molecular weight excluding hydrogens is 210 g/mol. The lowest BCUT2D eigenvalue weighted by Crippen LogP contribution is -2.37. The van der Waals surface area contributed by atoms with Crippen molar-refractivity contribution in [2.24, 2.45) is 0 Å². The van der Waals surface area contributed by atoms with E-state index in [-0.39, 0.29) is 13.2 Å². The van der Waals surface area contributed by atoms with Gasteiger partial charge in [-0.1, -0.05) is 19.6 Å². The van der Waals surface area contributed by atoms with Crippen LogP contribution in [0.3, 0.4) is 0 Å². The molecule has 0 aromatic carbocycles. The highest BCUT2D eigenvalue weighted by atomic mass is 16.6. The van der Waals surface area contributed by atoms with Crippen LogP contribution in [-0.4, -0.2) is 43.3 Å². The maximum absolute atomic E-state index is 11.5. The molecule has 16 heavy (non-hydrogen) atoms. The third-order valence-electron chi connectivity index (χ3n) is 1.70. The Morgan fingerprint density at radius 3 is 2.50 bits per heavy atom. The van der Waals surface area contributed by atoms with Crippen molar-refractivity contribution in [1.29, 1.82) is 0 Å². The van der Waals surface area contributed by atoms with Gasteiger partial charge in [0.05, 0.1) is 6.61 Å². The predicted molar refractivity (Wildman–Crippen MR) is 60.0 cm³/mol. The maximum Gasteiger partial charge on any atom is 0.410 e. The van der Waals surface area contributed by atoms with E-state index in [2.05, 4.69) is 6.58 Å². The van der Waals surface area contributed by atoms with Crippen LogP contribution in [0, 0.1) is 0 Å². The first kappa shape index (κ1) is 14.5. The molecular formula is C11H19NO4. The summed E-state index contributed by atoms with van der Waals surface area (Å²) in [5.74, 6) is -0.425. The number of nitrogens with zero attached hydrogens (tertiary/aromatic N) is 1. The van der Waals surface area contributed by atoms with Crippen LogP contribution in [0.4, 0.5) is 4.79 Å². The minimum atomic E-state index is -0.519. The second-order valence-electron chi connectivity index (χ2n) is 3.09. The largest absolute Gasteiger partial charge is 0.465 e. The van der Waals surface area contributed by atoms with Gasteiger partial charge in [0, 0.05) is 6.54 Å². The van der Waals surface area contributed by atoms with E-state index >= 15 is 0 Å². The molecule has 0 N–H and O–H groups in total. The van der Waals surface area contributed by atoms with Crippen LogP contribution in [0.2, 0.25) is 0 Å². The topological polar surface area (TPSA) is 55.8 Å². The number of esters is 1. The first-order valence-electron chi connectivity index (χ1n) is 5.33. The van der Waals surface area contributed by atoms with Gasteiger partial charge in [-0.15, -0.1) is 0 Å². The van der Waals surface area contributed by atoms with E-state index in [1.807, 2.05) is 6.92 Å². The molecule has 1 amide bonds. The Bertz CT molecular complexity index is 240. The number of carbonyl (C=O) groups excluding carboxylic acids is 2. The summed E-state index contributed by atoms with van der Waals surface area (Å²) in [7, 11) is 0. The van der Waals surface area contributed by atoms with Gasteiger partial charge >= 0.3 is 12.1 Å². The Kier molecular flexibility index (Phi) is 7.93. The quantitative estimate of drug-likeness (QED) is 0.491. The van der Waals surface area contributed by atoms with Gasteiger partial charge in [0.2, 0.25) is 0 Å². The number of rotatable bonds is 7. The molecule has 92 valence electrons. The number of ether oxygens (including phenoxy) is 2. The zero-order chi connectivity index (χ0) is 12.4. The van der Waals surface area contributed by atoms with Crippen LogP contribution >= 0.6 is 0 Å². The van der Waals surface area contributed by atoms with E-state index in [1.165, 1.54) is 11.0 Å². The molecule has 0 aliphatic heterocycles. The molecule has 0 bridgehead atoms. The number of hydrogen-bond acceptors (Lipinski definition) is 4. The molecule has 0 atom stereocenters. The Hall–Kier alpha value is -1.52. The molecule has 0 spiro atoms. The highest BCUT2D eigenvalue weighted by Crippen LogP contribution is 1.97. The predicted octanol–water partition coefficient (Wildman–Crippen LogP) is 1.58.